The van der Waals surface area contributed by atoms with Crippen molar-refractivity contribution in [2.45, 2.75) is 26.2 Å². The standard InChI is InChI=1S/C12H20N4O2S/c1-9(2)12-14-10(13)8-11(15-12)16-4-3-6-19(17,18)7-5-16/h8-9H,3-7H2,1-2H3,(H2,13,14,15). The van der Waals surface area contributed by atoms with Crippen molar-refractivity contribution in [2.75, 3.05) is 35.2 Å². The fourth-order valence-corrected chi connectivity index (χ4v) is 3.33. The van der Waals surface area contributed by atoms with Crippen LogP contribution in [-0.4, -0.2) is 43.0 Å². The Hall–Kier alpha value is -1.37. The molecule has 2 N–H and O–H groups in total. The maximum absolute atomic E-state index is 11.6. The molecule has 0 aliphatic carbocycles. The Bertz CT molecular complexity index is 557. The summed E-state index contributed by atoms with van der Waals surface area (Å²) in [6.07, 6.45) is 0.628. The van der Waals surface area contributed by atoms with Gasteiger partial charge in [-0.15, -0.1) is 0 Å². The number of nitrogens with two attached hydrogens (primary N) is 1. The summed E-state index contributed by atoms with van der Waals surface area (Å²) in [5.41, 5.74) is 5.80. The van der Waals surface area contributed by atoms with Crippen molar-refractivity contribution in [3.63, 3.8) is 0 Å². The van der Waals surface area contributed by atoms with Crippen LogP contribution in [-0.2, 0) is 9.84 Å². The molecule has 1 aromatic heterocycles. The number of sulfone groups is 1. The van der Waals surface area contributed by atoms with Gasteiger partial charge in [-0.2, -0.15) is 0 Å². The van der Waals surface area contributed by atoms with E-state index < -0.39 is 9.84 Å². The Morgan fingerprint density at radius 1 is 1.26 bits per heavy atom. The lowest BCUT2D eigenvalue weighted by Crippen LogP contribution is -2.28. The first-order valence-electron chi connectivity index (χ1n) is 6.47. The quantitative estimate of drug-likeness (QED) is 0.864. The largest absolute Gasteiger partial charge is 0.384 e. The molecular weight excluding hydrogens is 264 g/mol. The van der Waals surface area contributed by atoms with E-state index in [0.717, 1.165) is 5.82 Å². The lowest BCUT2D eigenvalue weighted by molar-refractivity contribution is 0.597. The van der Waals surface area contributed by atoms with Gasteiger partial charge in [0.15, 0.2) is 9.84 Å². The Kier molecular flexibility index (Phi) is 3.93. The van der Waals surface area contributed by atoms with Crippen LogP contribution in [0.3, 0.4) is 0 Å². The van der Waals surface area contributed by atoms with Crippen molar-refractivity contribution < 1.29 is 8.42 Å². The van der Waals surface area contributed by atoms with Crippen molar-refractivity contribution in [3.8, 4) is 0 Å². The van der Waals surface area contributed by atoms with Crippen LogP contribution in [0.4, 0.5) is 11.6 Å². The second-order valence-electron chi connectivity index (χ2n) is 5.16. The van der Waals surface area contributed by atoms with E-state index in [1.165, 1.54) is 0 Å². The van der Waals surface area contributed by atoms with Crippen molar-refractivity contribution in [3.05, 3.63) is 11.9 Å². The van der Waals surface area contributed by atoms with Gasteiger partial charge < -0.3 is 10.6 Å². The molecule has 19 heavy (non-hydrogen) atoms. The fraction of sp³-hybridized carbons (Fsp3) is 0.667. The number of rotatable bonds is 2. The molecule has 1 aromatic rings. The third-order valence-electron chi connectivity index (χ3n) is 3.15. The van der Waals surface area contributed by atoms with Gasteiger partial charge in [-0.05, 0) is 6.42 Å². The molecule has 2 heterocycles. The fourth-order valence-electron chi connectivity index (χ4n) is 2.06. The van der Waals surface area contributed by atoms with E-state index in [1.807, 2.05) is 18.7 Å². The number of anilines is 2. The lowest BCUT2D eigenvalue weighted by Gasteiger charge is -2.22. The van der Waals surface area contributed by atoms with E-state index in [9.17, 15) is 8.42 Å². The van der Waals surface area contributed by atoms with Crippen LogP contribution in [0, 0.1) is 0 Å². The third-order valence-corrected chi connectivity index (χ3v) is 4.86. The SMILES string of the molecule is CC(C)c1nc(N)cc(N2CCCS(=O)(=O)CC2)n1. The van der Waals surface area contributed by atoms with Crippen LogP contribution < -0.4 is 10.6 Å². The summed E-state index contributed by atoms with van der Waals surface area (Å²) in [5, 5.41) is 0. The molecule has 6 nitrogen and oxygen atoms in total. The van der Waals surface area contributed by atoms with Crippen LogP contribution in [0.15, 0.2) is 6.07 Å². The zero-order valence-corrected chi connectivity index (χ0v) is 12.2. The topological polar surface area (TPSA) is 89.2 Å². The van der Waals surface area contributed by atoms with Crippen LogP contribution in [0.25, 0.3) is 0 Å². The van der Waals surface area contributed by atoms with E-state index in [-0.39, 0.29) is 17.4 Å². The molecule has 0 aromatic carbocycles. The van der Waals surface area contributed by atoms with Gasteiger partial charge in [-0.25, -0.2) is 18.4 Å². The third kappa shape index (κ3) is 3.56. The molecule has 106 valence electrons. The Morgan fingerprint density at radius 2 is 2.00 bits per heavy atom. The van der Waals surface area contributed by atoms with E-state index >= 15 is 0 Å². The van der Waals surface area contributed by atoms with Gasteiger partial charge in [0.1, 0.15) is 17.5 Å². The number of nitrogen functional groups attached to an aromatic ring is 1. The molecule has 2 rings (SSSR count). The summed E-state index contributed by atoms with van der Waals surface area (Å²) < 4.78 is 23.2. The van der Waals surface area contributed by atoms with Crippen molar-refractivity contribution >= 4 is 21.5 Å². The maximum Gasteiger partial charge on any atom is 0.152 e. The van der Waals surface area contributed by atoms with Gasteiger partial charge in [-0.3, -0.25) is 0 Å². The summed E-state index contributed by atoms with van der Waals surface area (Å²) in [4.78, 5) is 10.7. The number of nitrogens with zero attached hydrogens (tertiary/aromatic N) is 3. The Balaban J connectivity index is 2.26. The van der Waals surface area contributed by atoms with Crippen molar-refractivity contribution in [1.29, 1.82) is 0 Å². The second-order valence-corrected chi connectivity index (χ2v) is 7.46. The molecule has 0 bridgehead atoms. The van der Waals surface area contributed by atoms with Gasteiger partial charge in [0, 0.05) is 25.1 Å². The number of hydrogen-bond donors (Lipinski definition) is 1. The number of aromatic nitrogens is 2. The molecule has 0 unspecified atom stereocenters. The van der Waals surface area contributed by atoms with E-state index in [1.54, 1.807) is 6.07 Å². The Labute approximate surface area is 114 Å². The zero-order chi connectivity index (χ0) is 14.0. The molecule has 0 atom stereocenters. The number of hydrogen-bond acceptors (Lipinski definition) is 6. The highest BCUT2D eigenvalue weighted by atomic mass is 32.2. The average Bonchev–Trinajstić information content (AvgIpc) is 2.49. The summed E-state index contributed by atoms with van der Waals surface area (Å²) in [6.45, 7) is 5.17. The van der Waals surface area contributed by atoms with Gasteiger partial charge in [0.05, 0.1) is 11.5 Å². The predicted octanol–water partition coefficient (Wildman–Crippen LogP) is 0.807. The molecular formula is C12H20N4O2S. The first kappa shape index (κ1) is 14.0. The molecule has 0 amide bonds. The highest BCUT2D eigenvalue weighted by Gasteiger charge is 2.21. The van der Waals surface area contributed by atoms with Crippen LogP contribution in [0.5, 0.6) is 0 Å². The lowest BCUT2D eigenvalue weighted by atomic mass is 10.2. The molecule has 1 aliphatic rings. The smallest absolute Gasteiger partial charge is 0.152 e. The minimum atomic E-state index is -2.91. The molecule has 0 spiro atoms. The molecule has 1 saturated heterocycles. The summed E-state index contributed by atoms with van der Waals surface area (Å²) in [5.74, 6) is 2.48. The summed E-state index contributed by atoms with van der Waals surface area (Å²) in [6, 6.07) is 1.71. The van der Waals surface area contributed by atoms with Gasteiger partial charge >= 0.3 is 0 Å². The Morgan fingerprint density at radius 3 is 2.68 bits per heavy atom. The van der Waals surface area contributed by atoms with E-state index in [2.05, 4.69) is 9.97 Å². The second kappa shape index (κ2) is 5.32. The van der Waals surface area contributed by atoms with Crippen molar-refractivity contribution in [1.82, 2.24) is 9.97 Å². The molecule has 1 fully saturated rings. The first-order valence-corrected chi connectivity index (χ1v) is 8.29. The summed E-state index contributed by atoms with van der Waals surface area (Å²) >= 11 is 0. The van der Waals surface area contributed by atoms with Crippen molar-refractivity contribution in [2.24, 2.45) is 0 Å². The molecule has 0 saturated carbocycles. The van der Waals surface area contributed by atoms with Crippen LogP contribution in [0.1, 0.15) is 32.0 Å². The van der Waals surface area contributed by atoms with Gasteiger partial charge in [-0.1, -0.05) is 13.8 Å². The van der Waals surface area contributed by atoms with E-state index in [0.29, 0.717) is 31.2 Å². The van der Waals surface area contributed by atoms with Gasteiger partial charge in [0.25, 0.3) is 0 Å². The van der Waals surface area contributed by atoms with Gasteiger partial charge in [0.2, 0.25) is 0 Å². The minimum Gasteiger partial charge on any atom is -0.384 e. The molecule has 0 radical (unpaired) electrons. The zero-order valence-electron chi connectivity index (χ0n) is 11.3. The maximum atomic E-state index is 11.6. The normalized spacial score (nSPS) is 19.4. The van der Waals surface area contributed by atoms with E-state index in [4.69, 9.17) is 5.73 Å². The van der Waals surface area contributed by atoms with Crippen LogP contribution in [0.2, 0.25) is 0 Å². The minimum absolute atomic E-state index is 0.175. The molecule has 1 aliphatic heterocycles. The predicted molar refractivity (Wildman–Crippen MR) is 76.0 cm³/mol. The van der Waals surface area contributed by atoms with Crippen LogP contribution >= 0.6 is 0 Å². The highest BCUT2D eigenvalue weighted by Crippen LogP contribution is 2.20. The monoisotopic (exact) mass is 284 g/mol. The summed E-state index contributed by atoms with van der Waals surface area (Å²) in [7, 11) is -2.91. The highest BCUT2D eigenvalue weighted by molar-refractivity contribution is 7.91. The first-order chi connectivity index (χ1) is 8.87. The average molecular weight is 284 g/mol. The molecule has 7 heteroatoms.